The van der Waals surface area contributed by atoms with Crippen molar-refractivity contribution < 1.29 is 9.47 Å². The van der Waals surface area contributed by atoms with Crippen molar-refractivity contribution in [1.82, 2.24) is 9.55 Å². The van der Waals surface area contributed by atoms with Crippen LogP contribution in [0.4, 0.5) is 0 Å². The van der Waals surface area contributed by atoms with Crippen LogP contribution in [0.1, 0.15) is 16.8 Å². The van der Waals surface area contributed by atoms with Crippen LogP contribution >= 0.6 is 15.9 Å². The topological polar surface area (TPSA) is 53.4 Å². The Hall–Kier alpha value is -3.22. The molecular weight excluding hydrogens is 480 g/mol. The largest absolute Gasteiger partial charge is 0.488 e. The molecule has 0 amide bonds. The summed E-state index contributed by atoms with van der Waals surface area (Å²) in [5, 5.41) is 0. The lowest BCUT2D eigenvalue weighted by molar-refractivity contribution is 0.180. The second-order valence-corrected chi connectivity index (χ2v) is 8.38. The Labute approximate surface area is 201 Å². The lowest BCUT2D eigenvalue weighted by Gasteiger charge is -2.18. The molecule has 0 aliphatic rings. The fourth-order valence-corrected chi connectivity index (χ4v) is 4.04. The number of benzene rings is 3. The van der Waals surface area contributed by atoms with Gasteiger partial charge < -0.3 is 9.47 Å². The number of aromatic nitrogens is 2. The molecule has 0 fully saturated rings. The van der Waals surface area contributed by atoms with Crippen molar-refractivity contribution in [3.05, 3.63) is 117 Å². The molecule has 168 valence electrons. The van der Waals surface area contributed by atoms with E-state index in [0.29, 0.717) is 41.3 Å². The van der Waals surface area contributed by atoms with Crippen LogP contribution in [0.15, 0.2) is 94.2 Å². The van der Waals surface area contributed by atoms with E-state index in [1.807, 2.05) is 72.8 Å². The Balaban J connectivity index is 1.74. The monoisotopic (exact) mass is 504 g/mol. The van der Waals surface area contributed by atoms with Crippen molar-refractivity contribution in [2.75, 3.05) is 7.11 Å². The quantitative estimate of drug-likeness (QED) is 0.296. The molecule has 33 heavy (non-hydrogen) atoms. The van der Waals surface area contributed by atoms with Crippen molar-refractivity contribution in [3.8, 4) is 17.1 Å². The summed E-state index contributed by atoms with van der Waals surface area (Å²) in [6, 6.07) is 27.8. The average molecular weight is 505 g/mol. The first-order chi connectivity index (χ1) is 16.2. The van der Waals surface area contributed by atoms with Gasteiger partial charge in [0.05, 0.1) is 17.9 Å². The van der Waals surface area contributed by atoms with Gasteiger partial charge in [0.25, 0.3) is 5.56 Å². The molecule has 0 unspecified atom stereocenters. The van der Waals surface area contributed by atoms with E-state index in [1.54, 1.807) is 11.7 Å². The highest BCUT2D eigenvalue weighted by molar-refractivity contribution is 9.10. The number of rotatable bonds is 9. The molecule has 4 rings (SSSR count). The van der Waals surface area contributed by atoms with Crippen molar-refractivity contribution in [1.29, 1.82) is 0 Å². The molecule has 0 radical (unpaired) electrons. The standard InChI is InChI=1S/C27H25BrN2O3/c1-32-19-23-25(28)27(31)30(17-16-20-10-4-2-5-11-20)26(29-23)22-14-8-9-15-24(22)33-18-21-12-6-3-7-13-21/h2-15H,16-19H2,1H3. The first-order valence-electron chi connectivity index (χ1n) is 10.8. The third kappa shape index (κ3) is 5.59. The van der Waals surface area contributed by atoms with Crippen LogP contribution in [0.2, 0.25) is 0 Å². The Morgan fingerprint density at radius 2 is 1.48 bits per heavy atom. The van der Waals surface area contributed by atoms with Crippen LogP contribution in [-0.2, 0) is 30.9 Å². The number of ether oxygens (including phenoxy) is 2. The van der Waals surface area contributed by atoms with Crippen molar-refractivity contribution in [2.45, 2.75) is 26.2 Å². The first-order valence-corrected chi connectivity index (χ1v) is 11.5. The van der Waals surface area contributed by atoms with E-state index < -0.39 is 0 Å². The minimum atomic E-state index is -0.138. The first kappa shape index (κ1) is 23.0. The summed E-state index contributed by atoms with van der Waals surface area (Å²) in [6.07, 6.45) is 0.707. The Morgan fingerprint density at radius 1 is 0.848 bits per heavy atom. The molecule has 0 aliphatic heterocycles. The van der Waals surface area contributed by atoms with E-state index >= 15 is 0 Å². The second kappa shape index (κ2) is 11.1. The minimum absolute atomic E-state index is 0.138. The molecule has 0 atom stereocenters. The number of nitrogens with zero attached hydrogens (tertiary/aromatic N) is 2. The molecule has 0 saturated heterocycles. The molecule has 5 nitrogen and oxygen atoms in total. The highest BCUT2D eigenvalue weighted by Gasteiger charge is 2.19. The molecule has 0 bridgehead atoms. The summed E-state index contributed by atoms with van der Waals surface area (Å²) in [7, 11) is 1.59. The van der Waals surface area contributed by atoms with Gasteiger partial charge in [-0.25, -0.2) is 4.98 Å². The molecule has 0 saturated carbocycles. The molecule has 4 aromatic rings. The van der Waals surface area contributed by atoms with Crippen LogP contribution in [0.5, 0.6) is 5.75 Å². The zero-order chi connectivity index (χ0) is 23.0. The van der Waals surface area contributed by atoms with Gasteiger partial charge in [-0.3, -0.25) is 9.36 Å². The number of hydrogen-bond acceptors (Lipinski definition) is 4. The van der Waals surface area contributed by atoms with Crippen LogP contribution in [0.3, 0.4) is 0 Å². The van der Waals surface area contributed by atoms with E-state index in [1.165, 1.54) is 0 Å². The van der Waals surface area contributed by atoms with E-state index in [-0.39, 0.29) is 12.2 Å². The van der Waals surface area contributed by atoms with Gasteiger partial charge in [-0.15, -0.1) is 0 Å². The smallest absolute Gasteiger partial charge is 0.268 e. The van der Waals surface area contributed by atoms with Gasteiger partial charge in [0.2, 0.25) is 0 Å². The minimum Gasteiger partial charge on any atom is -0.488 e. The van der Waals surface area contributed by atoms with Crippen LogP contribution in [0, 0.1) is 0 Å². The summed E-state index contributed by atoms with van der Waals surface area (Å²) in [5.74, 6) is 1.24. The third-order valence-corrected chi connectivity index (χ3v) is 6.09. The van der Waals surface area contributed by atoms with Gasteiger partial charge in [0, 0.05) is 13.7 Å². The van der Waals surface area contributed by atoms with Gasteiger partial charge >= 0.3 is 0 Å². The summed E-state index contributed by atoms with van der Waals surface area (Å²) in [6.45, 7) is 1.15. The fourth-order valence-electron chi connectivity index (χ4n) is 3.62. The summed E-state index contributed by atoms with van der Waals surface area (Å²) in [5.41, 5.74) is 3.41. The van der Waals surface area contributed by atoms with E-state index in [0.717, 1.165) is 16.7 Å². The number of para-hydroxylation sites is 1. The van der Waals surface area contributed by atoms with Crippen molar-refractivity contribution >= 4 is 15.9 Å². The lowest BCUT2D eigenvalue weighted by atomic mass is 10.1. The lowest BCUT2D eigenvalue weighted by Crippen LogP contribution is -2.27. The summed E-state index contributed by atoms with van der Waals surface area (Å²) in [4.78, 5) is 18.2. The van der Waals surface area contributed by atoms with Gasteiger partial charge in [-0.2, -0.15) is 0 Å². The molecule has 0 aliphatic carbocycles. The SMILES string of the molecule is COCc1nc(-c2ccccc2OCc2ccccc2)n(CCc2ccccc2)c(=O)c1Br. The molecular formula is C27H25BrN2O3. The fraction of sp³-hybridized carbons (Fsp3) is 0.185. The predicted molar refractivity (Wildman–Crippen MR) is 133 cm³/mol. The maximum atomic E-state index is 13.4. The van der Waals surface area contributed by atoms with Crippen LogP contribution in [0.25, 0.3) is 11.4 Å². The van der Waals surface area contributed by atoms with E-state index in [4.69, 9.17) is 14.5 Å². The molecule has 0 spiro atoms. The average Bonchev–Trinajstić information content (AvgIpc) is 2.86. The van der Waals surface area contributed by atoms with Gasteiger partial charge in [-0.1, -0.05) is 72.8 Å². The highest BCUT2D eigenvalue weighted by Crippen LogP contribution is 2.30. The number of halogens is 1. The Bertz CT molecular complexity index is 1260. The molecule has 1 heterocycles. The predicted octanol–water partition coefficient (Wildman–Crippen LogP) is 5.64. The number of hydrogen-bond donors (Lipinski definition) is 0. The zero-order valence-corrected chi connectivity index (χ0v) is 20.0. The van der Waals surface area contributed by atoms with Crippen molar-refractivity contribution in [3.63, 3.8) is 0 Å². The van der Waals surface area contributed by atoms with Crippen LogP contribution < -0.4 is 10.3 Å². The Morgan fingerprint density at radius 3 is 2.18 bits per heavy atom. The zero-order valence-electron chi connectivity index (χ0n) is 18.4. The van der Waals surface area contributed by atoms with Crippen molar-refractivity contribution in [2.24, 2.45) is 0 Å². The van der Waals surface area contributed by atoms with Crippen LogP contribution in [-0.4, -0.2) is 16.7 Å². The maximum absolute atomic E-state index is 13.4. The Kier molecular flexibility index (Phi) is 7.70. The third-order valence-electron chi connectivity index (χ3n) is 5.30. The van der Waals surface area contributed by atoms with Gasteiger partial charge in [0.1, 0.15) is 22.7 Å². The molecule has 0 N–H and O–H groups in total. The van der Waals surface area contributed by atoms with Gasteiger partial charge in [-0.05, 0) is 45.6 Å². The summed E-state index contributed by atoms with van der Waals surface area (Å²) >= 11 is 3.44. The highest BCUT2D eigenvalue weighted by atomic mass is 79.9. The van der Waals surface area contributed by atoms with E-state index in [2.05, 4.69) is 28.1 Å². The summed E-state index contributed by atoms with van der Waals surface area (Å²) < 4.78 is 13.6. The number of aryl methyl sites for hydroxylation is 1. The normalized spacial score (nSPS) is 10.8. The maximum Gasteiger partial charge on any atom is 0.268 e. The number of methoxy groups -OCH3 is 1. The second-order valence-electron chi connectivity index (χ2n) is 7.59. The molecule has 6 heteroatoms. The van der Waals surface area contributed by atoms with Gasteiger partial charge in [0.15, 0.2) is 0 Å². The molecule has 1 aromatic heterocycles. The molecule has 3 aromatic carbocycles. The van der Waals surface area contributed by atoms with E-state index in [9.17, 15) is 4.79 Å².